The Morgan fingerprint density at radius 1 is 1.41 bits per heavy atom. The highest BCUT2D eigenvalue weighted by Gasteiger charge is 2.42. The topological polar surface area (TPSA) is 49.9 Å². The Balaban J connectivity index is 1.91. The van der Waals surface area contributed by atoms with Gasteiger partial charge in [0.25, 0.3) is 5.91 Å². The van der Waals surface area contributed by atoms with Gasteiger partial charge in [-0.3, -0.25) is 9.59 Å². The first-order valence-electron chi connectivity index (χ1n) is 7.48. The highest BCUT2D eigenvalue weighted by molar-refractivity contribution is 6.31. The second kappa shape index (κ2) is 5.80. The van der Waals surface area contributed by atoms with Crippen molar-refractivity contribution in [1.82, 2.24) is 9.80 Å². The largest absolute Gasteiger partial charge is 0.496 e. The van der Waals surface area contributed by atoms with Gasteiger partial charge in [0.2, 0.25) is 5.91 Å². The van der Waals surface area contributed by atoms with E-state index in [-0.39, 0.29) is 17.9 Å². The summed E-state index contributed by atoms with van der Waals surface area (Å²) in [6, 6.07) is 4.64. The Hall–Kier alpha value is -1.75. The Kier molecular flexibility index (Phi) is 4.00. The van der Waals surface area contributed by atoms with Crippen molar-refractivity contribution < 1.29 is 14.3 Å². The zero-order chi connectivity index (χ0) is 15.9. The van der Waals surface area contributed by atoms with Crippen LogP contribution in [0.25, 0.3) is 0 Å². The monoisotopic (exact) mass is 322 g/mol. The second-order valence-electron chi connectivity index (χ2n) is 5.81. The number of amides is 2. The number of hydrogen-bond acceptors (Lipinski definition) is 3. The van der Waals surface area contributed by atoms with E-state index in [1.165, 1.54) is 7.11 Å². The van der Waals surface area contributed by atoms with Gasteiger partial charge in [0.1, 0.15) is 11.8 Å². The fraction of sp³-hybridized carbons (Fsp3) is 0.500. The number of carbonyl (C=O) groups is 2. The first kappa shape index (κ1) is 15.2. The molecule has 0 spiro atoms. The van der Waals surface area contributed by atoms with E-state index in [9.17, 15) is 9.59 Å². The third kappa shape index (κ3) is 2.43. The Labute approximate surface area is 134 Å². The molecule has 2 saturated heterocycles. The number of carbonyl (C=O) groups excluding carboxylic acids is 2. The quantitative estimate of drug-likeness (QED) is 0.838. The summed E-state index contributed by atoms with van der Waals surface area (Å²) >= 11 is 6.01. The molecule has 2 heterocycles. The van der Waals surface area contributed by atoms with Crippen molar-refractivity contribution in [2.75, 3.05) is 20.2 Å². The molecule has 6 heteroatoms. The first-order valence-corrected chi connectivity index (χ1v) is 7.85. The summed E-state index contributed by atoms with van der Waals surface area (Å²) in [7, 11) is 1.52. The molecule has 1 aromatic carbocycles. The summed E-state index contributed by atoms with van der Waals surface area (Å²) in [6.45, 7) is 3.16. The third-order valence-electron chi connectivity index (χ3n) is 4.55. The van der Waals surface area contributed by atoms with Crippen LogP contribution in [0.15, 0.2) is 18.2 Å². The predicted molar refractivity (Wildman–Crippen MR) is 83.2 cm³/mol. The summed E-state index contributed by atoms with van der Waals surface area (Å²) in [5, 5.41) is 0.475. The van der Waals surface area contributed by atoms with Gasteiger partial charge >= 0.3 is 0 Å². The maximum Gasteiger partial charge on any atom is 0.258 e. The second-order valence-corrected chi connectivity index (χ2v) is 6.24. The van der Waals surface area contributed by atoms with Crippen molar-refractivity contribution in [2.45, 2.75) is 31.8 Å². The van der Waals surface area contributed by atoms with E-state index in [4.69, 9.17) is 16.3 Å². The molecule has 0 radical (unpaired) electrons. The summed E-state index contributed by atoms with van der Waals surface area (Å²) in [5.74, 6) is 0.303. The van der Waals surface area contributed by atoms with Crippen LogP contribution < -0.4 is 4.74 Å². The lowest BCUT2D eigenvalue weighted by Crippen LogP contribution is -2.60. The van der Waals surface area contributed by atoms with Gasteiger partial charge in [0, 0.05) is 24.2 Å². The minimum Gasteiger partial charge on any atom is -0.496 e. The van der Waals surface area contributed by atoms with E-state index in [0.717, 1.165) is 19.4 Å². The van der Waals surface area contributed by atoms with Crippen LogP contribution in [0.2, 0.25) is 5.02 Å². The van der Waals surface area contributed by atoms with Crippen LogP contribution in [0.5, 0.6) is 5.75 Å². The number of hydrogen-bond donors (Lipinski definition) is 0. The maximum absolute atomic E-state index is 12.9. The highest BCUT2D eigenvalue weighted by Crippen LogP contribution is 2.29. The van der Waals surface area contributed by atoms with E-state index in [1.54, 1.807) is 30.0 Å². The lowest BCUT2D eigenvalue weighted by molar-refractivity contribution is -0.141. The van der Waals surface area contributed by atoms with E-state index >= 15 is 0 Å². The molecule has 2 atom stereocenters. The highest BCUT2D eigenvalue weighted by atomic mass is 35.5. The van der Waals surface area contributed by atoms with Crippen LogP contribution in [0.1, 0.15) is 30.1 Å². The summed E-state index contributed by atoms with van der Waals surface area (Å²) < 4.78 is 5.26. The molecule has 0 aliphatic carbocycles. The molecule has 22 heavy (non-hydrogen) atoms. The van der Waals surface area contributed by atoms with Crippen molar-refractivity contribution in [3.05, 3.63) is 28.8 Å². The predicted octanol–water partition coefficient (Wildman–Crippen LogP) is 2.18. The van der Waals surface area contributed by atoms with Crippen molar-refractivity contribution in [3.8, 4) is 5.75 Å². The molecule has 1 aromatic rings. The standard InChI is InChI=1S/C16H19ClN2O3/c1-10-15(20)18-7-3-4-12(18)9-19(10)16(21)13-8-11(17)5-6-14(13)22-2/h5-6,8,10,12H,3-4,7,9H2,1-2H3/t10-,12+/m1/s1. The number of piperazine rings is 1. The number of ether oxygens (including phenoxy) is 1. The first-order chi connectivity index (χ1) is 10.5. The Bertz CT molecular complexity index is 619. The lowest BCUT2D eigenvalue weighted by atomic mass is 10.0. The molecule has 0 unspecified atom stereocenters. The molecule has 2 fully saturated rings. The number of fused-ring (bicyclic) bond motifs is 1. The van der Waals surface area contributed by atoms with Gasteiger partial charge in [-0.1, -0.05) is 11.6 Å². The van der Waals surface area contributed by atoms with Crippen molar-refractivity contribution in [1.29, 1.82) is 0 Å². The van der Waals surface area contributed by atoms with Crippen LogP contribution >= 0.6 is 11.6 Å². The van der Waals surface area contributed by atoms with E-state index in [0.29, 0.717) is 22.9 Å². The van der Waals surface area contributed by atoms with Crippen LogP contribution in [-0.2, 0) is 4.79 Å². The third-order valence-corrected chi connectivity index (χ3v) is 4.78. The van der Waals surface area contributed by atoms with Gasteiger partial charge in [-0.25, -0.2) is 0 Å². The molecule has 0 aromatic heterocycles. The van der Waals surface area contributed by atoms with Crippen molar-refractivity contribution in [2.24, 2.45) is 0 Å². The fourth-order valence-electron chi connectivity index (χ4n) is 3.33. The SMILES string of the molecule is COc1ccc(Cl)cc1C(=O)N1C[C@@H]2CCCN2C(=O)[C@H]1C. The van der Waals surface area contributed by atoms with Crippen LogP contribution in [0, 0.1) is 0 Å². The van der Waals surface area contributed by atoms with Crippen LogP contribution in [0.4, 0.5) is 0 Å². The zero-order valence-corrected chi connectivity index (χ0v) is 13.5. The van der Waals surface area contributed by atoms with Gasteiger partial charge in [0.05, 0.1) is 12.7 Å². The minimum atomic E-state index is -0.453. The number of halogens is 1. The van der Waals surface area contributed by atoms with Gasteiger partial charge in [-0.2, -0.15) is 0 Å². The maximum atomic E-state index is 12.9. The molecule has 0 bridgehead atoms. The van der Waals surface area contributed by atoms with Crippen molar-refractivity contribution in [3.63, 3.8) is 0 Å². The molecule has 118 valence electrons. The molecule has 0 saturated carbocycles. The number of nitrogens with zero attached hydrogens (tertiary/aromatic N) is 2. The summed E-state index contributed by atoms with van der Waals surface area (Å²) in [4.78, 5) is 28.9. The number of benzene rings is 1. The smallest absolute Gasteiger partial charge is 0.258 e. The molecular weight excluding hydrogens is 304 g/mol. The van der Waals surface area contributed by atoms with E-state index in [1.807, 2.05) is 4.90 Å². The van der Waals surface area contributed by atoms with Gasteiger partial charge in [-0.05, 0) is 38.0 Å². The molecule has 0 N–H and O–H groups in total. The Morgan fingerprint density at radius 3 is 2.91 bits per heavy atom. The average molecular weight is 323 g/mol. The summed E-state index contributed by atoms with van der Waals surface area (Å²) in [6.07, 6.45) is 1.96. The fourth-order valence-corrected chi connectivity index (χ4v) is 3.51. The number of methoxy groups -OCH3 is 1. The lowest BCUT2D eigenvalue weighted by Gasteiger charge is -2.41. The normalized spacial score (nSPS) is 24.4. The zero-order valence-electron chi connectivity index (χ0n) is 12.7. The minimum absolute atomic E-state index is 0.0306. The Morgan fingerprint density at radius 2 is 2.18 bits per heavy atom. The molecule has 3 rings (SSSR count). The molecule has 2 aliphatic heterocycles. The molecular formula is C16H19ClN2O3. The van der Waals surface area contributed by atoms with Gasteiger partial charge in [-0.15, -0.1) is 0 Å². The molecule has 2 aliphatic rings. The van der Waals surface area contributed by atoms with Crippen LogP contribution in [-0.4, -0.2) is 53.9 Å². The molecule has 2 amide bonds. The van der Waals surface area contributed by atoms with Gasteiger partial charge in [0.15, 0.2) is 0 Å². The molecule has 5 nitrogen and oxygen atoms in total. The average Bonchev–Trinajstić information content (AvgIpc) is 2.98. The van der Waals surface area contributed by atoms with Crippen molar-refractivity contribution >= 4 is 23.4 Å². The summed E-state index contributed by atoms with van der Waals surface area (Å²) in [5.41, 5.74) is 0.404. The van der Waals surface area contributed by atoms with Gasteiger partial charge < -0.3 is 14.5 Å². The number of rotatable bonds is 2. The van der Waals surface area contributed by atoms with E-state index < -0.39 is 6.04 Å². The van der Waals surface area contributed by atoms with E-state index in [2.05, 4.69) is 0 Å². The van der Waals surface area contributed by atoms with Crippen LogP contribution in [0.3, 0.4) is 0 Å².